The molecule has 3 nitrogen and oxygen atoms in total. The highest BCUT2D eigenvalue weighted by Crippen LogP contribution is 2.13. The van der Waals surface area contributed by atoms with Crippen molar-refractivity contribution in [2.45, 2.75) is 52.2 Å². The van der Waals surface area contributed by atoms with E-state index in [0.717, 1.165) is 13.0 Å². The minimum Gasteiger partial charge on any atom is -0.388 e. The van der Waals surface area contributed by atoms with Crippen LogP contribution in [0.5, 0.6) is 0 Å². The molecule has 0 saturated heterocycles. The minimum atomic E-state index is -0.776. The first-order valence-corrected chi connectivity index (χ1v) is 5.21. The molecule has 0 unspecified atom stereocenters. The zero-order valence-corrected chi connectivity index (χ0v) is 10.1. The predicted molar refractivity (Wildman–Crippen MR) is 57.4 cm³/mol. The van der Waals surface area contributed by atoms with Gasteiger partial charge in [-0.25, -0.2) is 0 Å². The van der Waals surface area contributed by atoms with E-state index in [4.69, 9.17) is 9.47 Å². The average Bonchev–Trinajstić information content (AvgIpc) is 2.00. The van der Waals surface area contributed by atoms with Crippen LogP contribution in [-0.4, -0.2) is 36.1 Å². The molecule has 0 spiro atoms. The van der Waals surface area contributed by atoms with Crippen molar-refractivity contribution in [3.05, 3.63) is 0 Å². The maximum Gasteiger partial charge on any atom is 0.0860 e. The number of hydrogen-bond donors (Lipinski definition) is 1. The molecule has 0 aliphatic rings. The van der Waals surface area contributed by atoms with Crippen LogP contribution in [0.15, 0.2) is 0 Å². The molecule has 0 aromatic heterocycles. The van der Waals surface area contributed by atoms with Gasteiger partial charge in [-0.15, -0.1) is 0 Å². The molecule has 0 aromatic rings. The summed E-state index contributed by atoms with van der Waals surface area (Å²) in [5, 5.41) is 9.49. The fraction of sp³-hybridized carbons (Fsp3) is 1.00. The lowest BCUT2D eigenvalue weighted by molar-refractivity contribution is -0.120. The molecule has 0 saturated carbocycles. The molecule has 0 aromatic carbocycles. The van der Waals surface area contributed by atoms with Gasteiger partial charge in [-0.2, -0.15) is 0 Å². The highest BCUT2D eigenvalue weighted by molar-refractivity contribution is 4.71. The first kappa shape index (κ1) is 13.9. The third-order valence-electron chi connectivity index (χ3n) is 1.61. The Kier molecular flexibility index (Phi) is 5.64. The topological polar surface area (TPSA) is 38.7 Å². The first-order valence-electron chi connectivity index (χ1n) is 5.21. The van der Waals surface area contributed by atoms with E-state index >= 15 is 0 Å². The van der Waals surface area contributed by atoms with Gasteiger partial charge in [0.2, 0.25) is 0 Å². The Hall–Kier alpha value is -0.120. The molecule has 0 aliphatic heterocycles. The first-order chi connectivity index (χ1) is 6.27. The van der Waals surface area contributed by atoms with Crippen molar-refractivity contribution in [3.8, 4) is 0 Å². The van der Waals surface area contributed by atoms with Gasteiger partial charge < -0.3 is 14.6 Å². The number of hydrogen-bond acceptors (Lipinski definition) is 3. The van der Waals surface area contributed by atoms with E-state index in [1.807, 2.05) is 13.8 Å². The van der Waals surface area contributed by atoms with Crippen LogP contribution in [0.4, 0.5) is 0 Å². The molecule has 86 valence electrons. The summed E-state index contributed by atoms with van der Waals surface area (Å²) in [7, 11) is 0. The number of rotatable bonds is 7. The monoisotopic (exact) mass is 204 g/mol. The van der Waals surface area contributed by atoms with E-state index in [9.17, 15) is 5.11 Å². The summed E-state index contributed by atoms with van der Waals surface area (Å²) in [5.74, 6) is 0. The average molecular weight is 204 g/mol. The minimum absolute atomic E-state index is 0.324. The van der Waals surface area contributed by atoms with Crippen LogP contribution in [0.2, 0.25) is 0 Å². The summed E-state index contributed by atoms with van der Waals surface area (Å²) < 4.78 is 11.0. The number of ether oxygens (including phenoxy) is 2. The normalized spacial score (nSPS) is 13.3. The summed E-state index contributed by atoms with van der Waals surface area (Å²) in [4.78, 5) is 0. The maximum absolute atomic E-state index is 9.49. The second kappa shape index (κ2) is 5.69. The largest absolute Gasteiger partial charge is 0.388 e. The van der Waals surface area contributed by atoms with Crippen LogP contribution < -0.4 is 0 Å². The van der Waals surface area contributed by atoms with Crippen LogP contribution in [-0.2, 0) is 9.47 Å². The van der Waals surface area contributed by atoms with E-state index in [-0.39, 0.29) is 5.60 Å². The Morgan fingerprint density at radius 1 is 1.07 bits per heavy atom. The summed E-state index contributed by atoms with van der Waals surface area (Å²) >= 11 is 0. The summed E-state index contributed by atoms with van der Waals surface area (Å²) in [6, 6.07) is 0. The van der Waals surface area contributed by atoms with Crippen molar-refractivity contribution in [2.75, 3.05) is 19.8 Å². The van der Waals surface area contributed by atoms with E-state index in [1.165, 1.54) is 0 Å². The molecule has 14 heavy (non-hydrogen) atoms. The molecule has 0 rings (SSSR count). The fourth-order valence-corrected chi connectivity index (χ4v) is 0.876. The molecule has 0 bridgehead atoms. The smallest absolute Gasteiger partial charge is 0.0860 e. The standard InChI is InChI=1S/C11H24O3/c1-6-7-13-9-11(4,5)14-8-10(2,3)12/h12H,6-9H2,1-5H3. The second-order valence-corrected chi connectivity index (χ2v) is 4.91. The van der Waals surface area contributed by atoms with Crippen molar-refractivity contribution in [3.63, 3.8) is 0 Å². The zero-order valence-electron chi connectivity index (χ0n) is 10.1. The lowest BCUT2D eigenvalue weighted by atomic mass is 10.1. The lowest BCUT2D eigenvalue weighted by Crippen LogP contribution is -2.37. The highest BCUT2D eigenvalue weighted by Gasteiger charge is 2.23. The van der Waals surface area contributed by atoms with Gasteiger partial charge in [0.15, 0.2) is 0 Å². The Labute approximate surface area is 87.4 Å². The summed E-state index contributed by atoms with van der Waals surface area (Å²) in [6.45, 7) is 11.1. The summed E-state index contributed by atoms with van der Waals surface area (Å²) in [5.41, 5.74) is -1.10. The van der Waals surface area contributed by atoms with Crippen LogP contribution in [0.1, 0.15) is 41.0 Å². The Morgan fingerprint density at radius 2 is 1.64 bits per heavy atom. The quantitative estimate of drug-likeness (QED) is 0.644. The van der Waals surface area contributed by atoms with Crippen molar-refractivity contribution in [2.24, 2.45) is 0 Å². The summed E-state index contributed by atoms with van der Waals surface area (Å²) in [6.07, 6.45) is 1.02. The Bertz CT molecular complexity index is 147. The highest BCUT2D eigenvalue weighted by atomic mass is 16.5. The molecule has 0 aliphatic carbocycles. The van der Waals surface area contributed by atoms with Gasteiger partial charge >= 0.3 is 0 Å². The molecular formula is C11H24O3. The molecule has 3 heteroatoms. The molecule has 0 amide bonds. The van der Waals surface area contributed by atoms with E-state index in [2.05, 4.69) is 6.92 Å². The van der Waals surface area contributed by atoms with Gasteiger partial charge in [-0.3, -0.25) is 0 Å². The van der Waals surface area contributed by atoms with Crippen molar-refractivity contribution in [1.82, 2.24) is 0 Å². The van der Waals surface area contributed by atoms with E-state index < -0.39 is 5.60 Å². The third-order valence-corrected chi connectivity index (χ3v) is 1.61. The maximum atomic E-state index is 9.49. The Balaban J connectivity index is 3.72. The molecule has 1 N–H and O–H groups in total. The Morgan fingerprint density at radius 3 is 2.07 bits per heavy atom. The molecular weight excluding hydrogens is 180 g/mol. The molecule has 0 atom stereocenters. The number of aliphatic hydroxyl groups is 1. The molecule has 0 radical (unpaired) electrons. The van der Waals surface area contributed by atoms with Crippen LogP contribution in [0.3, 0.4) is 0 Å². The predicted octanol–water partition coefficient (Wildman–Crippen LogP) is 1.98. The van der Waals surface area contributed by atoms with Gasteiger partial charge in [0.25, 0.3) is 0 Å². The van der Waals surface area contributed by atoms with Gasteiger partial charge in [0.1, 0.15) is 0 Å². The molecule has 0 heterocycles. The van der Waals surface area contributed by atoms with Gasteiger partial charge in [-0.1, -0.05) is 6.92 Å². The van der Waals surface area contributed by atoms with Gasteiger partial charge in [-0.05, 0) is 34.1 Å². The lowest BCUT2D eigenvalue weighted by Gasteiger charge is -2.28. The van der Waals surface area contributed by atoms with Crippen LogP contribution in [0, 0.1) is 0 Å². The zero-order chi connectivity index (χ0) is 11.2. The second-order valence-electron chi connectivity index (χ2n) is 4.91. The van der Waals surface area contributed by atoms with Crippen LogP contribution in [0.25, 0.3) is 0 Å². The van der Waals surface area contributed by atoms with E-state index in [1.54, 1.807) is 13.8 Å². The van der Waals surface area contributed by atoms with Crippen molar-refractivity contribution < 1.29 is 14.6 Å². The fourth-order valence-electron chi connectivity index (χ4n) is 0.876. The SMILES string of the molecule is CCCOCC(C)(C)OCC(C)(C)O. The van der Waals surface area contributed by atoms with E-state index in [0.29, 0.717) is 13.2 Å². The molecule has 0 fully saturated rings. The van der Waals surface area contributed by atoms with Crippen molar-refractivity contribution in [1.29, 1.82) is 0 Å². The van der Waals surface area contributed by atoms with Crippen LogP contribution >= 0.6 is 0 Å². The van der Waals surface area contributed by atoms with Gasteiger partial charge in [0.05, 0.1) is 24.4 Å². The van der Waals surface area contributed by atoms with Gasteiger partial charge in [0, 0.05) is 6.61 Å². The van der Waals surface area contributed by atoms with Crippen molar-refractivity contribution >= 4 is 0 Å². The third kappa shape index (κ3) is 8.48.